The van der Waals surface area contributed by atoms with E-state index in [9.17, 15) is 4.79 Å². The minimum atomic E-state index is 0.137. The molecular weight excluding hydrogens is 298 g/mol. The van der Waals surface area contributed by atoms with Crippen molar-refractivity contribution in [2.45, 2.75) is 6.42 Å². The molecule has 1 atom stereocenters. The predicted molar refractivity (Wildman–Crippen MR) is 66.7 cm³/mol. The maximum Gasteiger partial charge on any atom is 0.263 e. The molecule has 82 valence electrons. The SMILES string of the molecule is O=C(c1ccc(Br)s1)N1CCC(CCl)C1. The van der Waals surface area contributed by atoms with Crippen molar-refractivity contribution in [1.82, 2.24) is 4.90 Å². The van der Waals surface area contributed by atoms with E-state index in [2.05, 4.69) is 15.9 Å². The molecule has 0 radical (unpaired) electrons. The highest BCUT2D eigenvalue weighted by Gasteiger charge is 2.26. The number of halogens is 2. The number of thiophene rings is 1. The first-order valence-corrected chi connectivity index (χ1v) is 6.95. The fourth-order valence-electron chi connectivity index (χ4n) is 1.73. The number of alkyl halides is 1. The zero-order valence-electron chi connectivity index (χ0n) is 8.08. The third kappa shape index (κ3) is 2.55. The smallest absolute Gasteiger partial charge is 0.263 e. The number of rotatable bonds is 2. The Kier molecular flexibility index (Phi) is 3.69. The van der Waals surface area contributed by atoms with Crippen molar-refractivity contribution in [2.24, 2.45) is 5.92 Å². The van der Waals surface area contributed by atoms with Gasteiger partial charge in [0.1, 0.15) is 0 Å². The summed E-state index contributed by atoms with van der Waals surface area (Å²) >= 11 is 10.6. The van der Waals surface area contributed by atoms with Gasteiger partial charge in [0.05, 0.1) is 8.66 Å². The highest BCUT2D eigenvalue weighted by Crippen LogP contribution is 2.26. The lowest BCUT2D eigenvalue weighted by Crippen LogP contribution is -2.28. The van der Waals surface area contributed by atoms with Crippen LogP contribution in [0.4, 0.5) is 0 Å². The predicted octanol–water partition coefficient (Wildman–Crippen LogP) is 3.21. The Hall–Kier alpha value is -0.0600. The van der Waals surface area contributed by atoms with Crippen LogP contribution in [0.2, 0.25) is 0 Å². The molecule has 2 rings (SSSR count). The Morgan fingerprint density at radius 2 is 2.47 bits per heavy atom. The fourth-order valence-corrected chi connectivity index (χ4v) is 3.33. The summed E-state index contributed by atoms with van der Waals surface area (Å²) in [5.41, 5.74) is 0. The summed E-state index contributed by atoms with van der Waals surface area (Å²) in [7, 11) is 0. The summed E-state index contributed by atoms with van der Waals surface area (Å²) in [6, 6.07) is 3.78. The molecule has 1 fully saturated rings. The molecule has 1 aliphatic rings. The lowest BCUT2D eigenvalue weighted by atomic mass is 10.2. The molecule has 15 heavy (non-hydrogen) atoms. The average Bonchev–Trinajstić information content (AvgIpc) is 2.84. The van der Waals surface area contributed by atoms with Gasteiger partial charge in [-0.05, 0) is 40.4 Å². The van der Waals surface area contributed by atoms with E-state index in [0.29, 0.717) is 11.8 Å². The van der Waals surface area contributed by atoms with Crippen molar-refractivity contribution in [3.8, 4) is 0 Å². The van der Waals surface area contributed by atoms with Crippen molar-refractivity contribution in [2.75, 3.05) is 19.0 Å². The molecule has 1 saturated heterocycles. The van der Waals surface area contributed by atoms with Crippen molar-refractivity contribution in [3.05, 3.63) is 20.8 Å². The molecule has 0 aliphatic carbocycles. The average molecular weight is 309 g/mol. The largest absolute Gasteiger partial charge is 0.338 e. The van der Waals surface area contributed by atoms with Crippen LogP contribution in [0, 0.1) is 5.92 Å². The maximum absolute atomic E-state index is 12.0. The standard InChI is InChI=1S/C10H11BrClNOS/c11-9-2-1-8(15-9)10(14)13-4-3-7(5-12)6-13/h1-2,7H,3-6H2. The molecule has 5 heteroatoms. The number of hydrogen-bond acceptors (Lipinski definition) is 2. The highest BCUT2D eigenvalue weighted by atomic mass is 79.9. The quantitative estimate of drug-likeness (QED) is 0.768. The van der Waals surface area contributed by atoms with Crippen LogP contribution < -0.4 is 0 Å². The monoisotopic (exact) mass is 307 g/mol. The first-order valence-electron chi connectivity index (χ1n) is 4.81. The summed E-state index contributed by atoms with van der Waals surface area (Å²) in [5.74, 6) is 1.26. The van der Waals surface area contributed by atoms with Gasteiger partial charge in [-0.2, -0.15) is 0 Å². The van der Waals surface area contributed by atoms with E-state index in [1.54, 1.807) is 0 Å². The Bertz CT molecular complexity index is 368. The van der Waals surface area contributed by atoms with Gasteiger partial charge < -0.3 is 4.90 Å². The summed E-state index contributed by atoms with van der Waals surface area (Å²) in [4.78, 5) is 14.7. The van der Waals surface area contributed by atoms with Gasteiger partial charge in [0.2, 0.25) is 0 Å². The number of carbonyl (C=O) groups is 1. The van der Waals surface area contributed by atoms with Crippen molar-refractivity contribution < 1.29 is 4.79 Å². The second-order valence-corrected chi connectivity index (χ2v) is 6.44. The van der Waals surface area contributed by atoms with Gasteiger partial charge in [0, 0.05) is 19.0 Å². The lowest BCUT2D eigenvalue weighted by Gasteiger charge is -2.14. The molecule has 0 saturated carbocycles. The van der Waals surface area contributed by atoms with Gasteiger partial charge in [-0.25, -0.2) is 0 Å². The number of likely N-dealkylation sites (tertiary alicyclic amines) is 1. The van der Waals surface area contributed by atoms with Gasteiger partial charge in [0.25, 0.3) is 5.91 Å². The molecule has 0 spiro atoms. The van der Waals surface area contributed by atoms with E-state index in [1.807, 2.05) is 17.0 Å². The minimum Gasteiger partial charge on any atom is -0.338 e. The van der Waals surface area contributed by atoms with Crippen LogP contribution in [0.3, 0.4) is 0 Å². The van der Waals surface area contributed by atoms with Crippen LogP contribution in [-0.4, -0.2) is 29.8 Å². The van der Waals surface area contributed by atoms with Gasteiger partial charge in [-0.1, -0.05) is 0 Å². The summed E-state index contributed by atoms with van der Waals surface area (Å²) in [5, 5.41) is 0. The van der Waals surface area contributed by atoms with E-state index in [0.717, 1.165) is 28.2 Å². The van der Waals surface area contributed by atoms with Crippen molar-refractivity contribution in [1.29, 1.82) is 0 Å². The molecule has 2 nitrogen and oxygen atoms in total. The lowest BCUT2D eigenvalue weighted by molar-refractivity contribution is 0.0793. The number of carbonyl (C=O) groups excluding carboxylic acids is 1. The van der Waals surface area contributed by atoms with Gasteiger partial charge >= 0.3 is 0 Å². The second-order valence-electron chi connectivity index (χ2n) is 3.66. The molecule has 0 bridgehead atoms. The van der Waals surface area contributed by atoms with Gasteiger partial charge in [0.15, 0.2) is 0 Å². The van der Waals surface area contributed by atoms with Crippen LogP contribution in [0.25, 0.3) is 0 Å². The van der Waals surface area contributed by atoms with E-state index >= 15 is 0 Å². The molecule has 0 N–H and O–H groups in total. The van der Waals surface area contributed by atoms with Crippen molar-refractivity contribution in [3.63, 3.8) is 0 Å². The molecule has 2 heterocycles. The molecule has 0 aromatic carbocycles. The Labute approximate surface area is 106 Å². The van der Waals surface area contributed by atoms with Gasteiger partial charge in [-0.3, -0.25) is 4.79 Å². The van der Waals surface area contributed by atoms with Crippen LogP contribution in [0.1, 0.15) is 16.1 Å². The summed E-state index contributed by atoms with van der Waals surface area (Å²) in [6.07, 6.45) is 1.03. The zero-order valence-corrected chi connectivity index (χ0v) is 11.2. The number of nitrogens with zero attached hydrogens (tertiary/aromatic N) is 1. The van der Waals surface area contributed by atoms with Crippen molar-refractivity contribution >= 4 is 44.8 Å². The Balaban J connectivity index is 2.03. The molecular formula is C10H11BrClNOS. The Morgan fingerprint density at radius 3 is 3.00 bits per heavy atom. The Morgan fingerprint density at radius 1 is 1.67 bits per heavy atom. The summed E-state index contributed by atoms with van der Waals surface area (Å²) in [6.45, 7) is 1.64. The molecule has 1 unspecified atom stereocenters. The zero-order chi connectivity index (χ0) is 10.8. The molecule has 1 aliphatic heterocycles. The highest BCUT2D eigenvalue weighted by molar-refractivity contribution is 9.11. The first-order chi connectivity index (χ1) is 7.20. The van der Waals surface area contributed by atoms with E-state index in [4.69, 9.17) is 11.6 Å². The van der Waals surface area contributed by atoms with Crippen LogP contribution in [0.15, 0.2) is 15.9 Å². The normalized spacial score (nSPS) is 20.9. The molecule has 1 aromatic rings. The molecule has 1 amide bonds. The topological polar surface area (TPSA) is 20.3 Å². The summed E-state index contributed by atoms with van der Waals surface area (Å²) < 4.78 is 0.999. The number of hydrogen-bond donors (Lipinski definition) is 0. The van der Waals surface area contributed by atoms with Crippen LogP contribution in [0.5, 0.6) is 0 Å². The molecule has 1 aromatic heterocycles. The van der Waals surface area contributed by atoms with E-state index in [1.165, 1.54) is 11.3 Å². The second kappa shape index (κ2) is 4.85. The van der Waals surface area contributed by atoms with Crippen LogP contribution >= 0.6 is 38.9 Å². The fraction of sp³-hybridized carbons (Fsp3) is 0.500. The minimum absolute atomic E-state index is 0.137. The van der Waals surface area contributed by atoms with E-state index in [-0.39, 0.29) is 5.91 Å². The first kappa shape index (κ1) is 11.4. The third-order valence-corrected chi connectivity index (χ3v) is 4.62. The number of amides is 1. The van der Waals surface area contributed by atoms with Crippen LogP contribution in [-0.2, 0) is 0 Å². The third-order valence-electron chi connectivity index (χ3n) is 2.58. The van der Waals surface area contributed by atoms with Gasteiger partial charge in [-0.15, -0.1) is 22.9 Å². The maximum atomic E-state index is 12.0. The van der Waals surface area contributed by atoms with E-state index < -0.39 is 0 Å².